The van der Waals surface area contributed by atoms with Crippen LogP contribution in [-0.2, 0) is 22.8 Å². The van der Waals surface area contributed by atoms with E-state index in [9.17, 15) is 0 Å². The van der Waals surface area contributed by atoms with Crippen molar-refractivity contribution in [1.82, 2.24) is 0 Å². The molecule has 3 aliphatic rings. The Morgan fingerprint density at radius 3 is 2.52 bits per heavy atom. The molecule has 1 aliphatic heterocycles. The standard InChI is InChI=1S/C13H9N.C5H5.C3H6.Zr/c1-2-5-10(6-3-1)13-9-11-7-4-8-12(11)14-13;1-2-4-5-3-1;1-3-2;/h1-9H;1-3H,4H2;1-2H3;. The number of fused-ring (bicyclic) bond motifs is 1. The minimum absolute atomic E-state index is 0.220. The fourth-order valence-electron chi connectivity index (χ4n) is 2.58. The van der Waals surface area contributed by atoms with E-state index in [1.807, 2.05) is 30.4 Å². The van der Waals surface area contributed by atoms with Crippen LogP contribution < -0.4 is 0 Å². The number of benzene rings is 1. The Morgan fingerprint density at radius 1 is 1.04 bits per heavy atom. The molecule has 1 heterocycles. The van der Waals surface area contributed by atoms with Gasteiger partial charge in [0, 0.05) is 11.1 Å². The summed E-state index contributed by atoms with van der Waals surface area (Å²) in [6, 6.07) is 10.3. The predicted octanol–water partition coefficient (Wildman–Crippen LogP) is 4.99. The second-order valence-corrected chi connectivity index (χ2v) is 10.5. The molecule has 113 valence electrons. The number of hydrogen-bond acceptors (Lipinski definition) is 1. The molecule has 0 fully saturated rings. The zero-order valence-corrected chi connectivity index (χ0v) is 16.0. The van der Waals surface area contributed by atoms with E-state index in [1.54, 1.807) is 6.49 Å². The Morgan fingerprint density at radius 2 is 1.87 bits per heavy atom. The van der Waals surface area contributed by atoms with E-state index in [0.29, 0.717) is 0 Å². The second kappa shape index (κ2) is 7.75. The Kier molecular flexibility index (Phi) is 5.46. The van der Waals surface area contributed by atoms with E-state index in [4.69, 9.17) is 0 Å². The molecular formula is C21H20NZr. The molecule has 1 aromatic carbocycles. The summed E-state index contributed by atoms with van der Waals surface area (Å²) in [5, 5.41) is 0. The van der Waals surface area contributed by atoms with Crippen molar-refractivity contribution in [2.45, 2.75) is 20.3 Å². The van der Waals surface area contributed by atoms with Crippen LogP contribution in [0.4, 0.5) is 0 Å². The maximum absolute atomic E-state index is 4.54. The third-order valence-electron chi connectivity index (χ3n) is 3.61. The third-order valence-corrected chi connectivity index (χ3v) is 6.54. The molecule has 0 N–H and O–H groups in total. The molecule has 2 aliphatic carbocycles. The van der Waals surface area contributed by atoms with Crippen molar-refractivity contribution in [3.8, 4) is 0 Å². The van der Waals surface area contributed by atoms with Crippen molar-refractivity contribution in [2.24, 2.45) is 4.99 Å². The van der Waals surface area contributed by atoms with Gasteiger partial charge in [-0.1, -0.05) is 42.5 Å². The number of rotatable bonds is 2. The van der Waals surface area contributed by atoms with Crippen LogP contribution >= 0.6 is 0 Å². The van der Waals surface area contributed by atoms with Gasteiger partial charge in [0.25, 0.3) is 0 Å². The Hall–Kier alpha value is -1.66. The summed E-state index contributed by atoms with van der Waals surface area (Å²) in [6.07, 6.45) is 16.3. The predicted molar refractivity (Wildman–Crippen MR) is 96.5 cm³/mol. The summed E-state index contributed by atoms with van der Waals surface area (Å²) >= 11 is -0.220. The van der Waals surface area contributed by atoms with Gasteiger partial charge in [0.2, 0.25) is 0 Å². The molecule has 1 aromatic rings. The van der Waals surface area contributed by atoms with Crippen LogP contribution in [0.5, 0.6) is 0 Å². The first-order valence-corrected chi connectivity index (χ1v) is 10.4. The first kappa shape index (κ1) is 16.2. The van der Waals surface area contributed by atoms with Gasteiger partial charge in [0.1, 0.15) is 0 Å². The van der Waals surface area contributed by atoms with Crippen molar-refractivity contribution < 1.29 is 22.8 Å². The summed E-state index contributed by atoms with van der Waals surface area (Å²) in [7, 11) is 0. The summed E-state index contributed by atoms with van der Waals surface area (Å²) < 4.78 is 3.40. The van der Waals surface area contributed by atoms with Crippen molar-refractivity contribution in [3.63, 3.8) is 0 Å². The van der Waals surface area contributed by atoms with Crippen LogP contribution in [0, 0.1) is 0 Å². The number of aliphatic imine (C=N–C) groups is 1. The van der Waals surface area contributed by atoms with Gasteiger partial charge in [-0.3, -0.25) is 0 Å². The molecule has 4 rings (SSSR count). The van der Waals surface area contributed by atoms with Crippen LogP contribution in [0.3, 0.4) is 0 Å². The van der Waals surface area contributed by atoms with Crippen LogP contribution in [-0.4, -0.2) is 8.92 Å². The first-order chi connectivity index (χ1) is 11.2. The number of nitrogens with zero attached hydrogens (tertiary/aromatic N) is 1. The quantitative estimate of drug-likeness (QED) is 0.688. The van der Waals surface area contributed by atoms with Crippen molar-refractivity contribution >= 4 is 8.92 Å². The SMILES string of the molecule is C1=CC2=CC(c3ccccc3)=NC2=C1.C[C](C)=[Zr][C]1=CC=CC1. The topological polar surface area (TPSA) is 12.4 Å². The van der Waals surface area contributed by atoms with Crippen LogP contribution in [0.1, 0.15) is 25.8 Å². The molecule has 0 saturated carbocycles. The van der Waals surface area contributed by atoms with E-state index in [2.05, 4.69) is 61.4 Å². The Balaban J connectivity index is 0.000000151. The van der Waals surface area contributed by atoms with E-state index in [0.717, 1.165) is 11.4 Å². The van der Waals surface area contributed by atoms with Crippen LogP contribution in [0.2, 0.25) is 0 Å². The molecule has 0 saturated heterocycles. The Labute approximate surface area is 149 Å². The zero-order valence-electron chi connectivity index (χ0n) is 13.6. The van der Waals surface area contributed by atoms with E-state index in [-0.39, 0.29) is 22.8 Å². The zero-order chi connectivity index (χ0) is 16.1. The monoisotopic (exact) mass is 376 g/mol. The summed E-state index contributed by atoms with van der Waals surface area (Å²) in [5.41, 5.74) is 4.56. The van der Waals surface area contributed by atoms with Gasteiger partial charge in [-0.05, 0) is 12.2 Å². The number of hydrogen-bond donors (Lipinski definition) is 0. The van der Waals surface area contributed by atoms with Gasteiger partial charge < -0.3 is 0 Å². The van der Waals surface area contributed by atoms with E-state index < -0.39 is 0 Å². The molecule has 0 radical (unpaired) electrons. The molecule has 0 amide bonds. The fourth-order valence-corrected chi connectivity index (χ4v) is 5.14. The van der Waals surface area contributed by atoms with Gasteiger partial charge in [-0.25, -0.2) is 4.99 Å². The van der Waals surface area contributed by atoms with Gasteiger partial charge >= 0.3 is 67.7 Å². The third kappa shape index (κ3) is 4.42. The molecule has 1 nitrogen and oxygen atoms in total. The maximum atomic E-state index is 4.54. The second-order valence-electron chi connectivity index (χ2n) is 5.82. The van der Waals surface area contributed by atoms with Gasteiger partial charge in [-0.2, -0.15) is 0 Å². The van der Waals surface area contributed by atoms with Gasteiger partial charge in [-0.15, -0.1) is 0 Å². The molecule has 23 heavy (non-hydrogen) atoms. The molecule has 0 bridgehead atoms. The van der Waals surface area contributed by atoms with Gasteiger partial charge in [0.05, 0.1) is 11.4 Å². The summed E-state index contributed by atoms with van der Waals surface area (Å²) in [5.74, 6) is 0. The van der Waals surface area contributed by atoms with Crippen molar-refractivity contribution in [3.05, 3.63) is 93.0 Å². The van der Waals surface area contributed by atoms with Crippen molar-refractivity contribution in [2.75, 3.05) is 0 Å². The number of allylic oxidation sites excluding steroid dienone is 8. The normalized spacial score (nSPS) is 16.6. The molecule has 0 aromatic heterocycles. The van der Waals surface area contributed by atoms with Crippen molar-refractivity contribution in [1.29, 1.82) is 0 Å². The minimum atomic E-state index is -0.220. The average Bonchev–Trinajstić information content (AvgIpc) is 3.24. The van der Waals surface area contributed by atoms with Crippen LogP contribution in [0.15, 0.2) is 92.4 Å². The molecule has 2 heteroatoms. The fraction of sp³-hybridized carbons (Fsp3) is 0.143. The van der Waals surface area contributed by atoms with E-state index in [1.165, 1.54) is 17.6 Å². The molecule has 0 spiro atoms. The van der Waals surface area contributed by atoms with E-state index >= 15 is 0 Å². The average molecular weight is 378 g/mol. The molecular weight excluding hydrogens is 357 g/mol. The molecule has 0 unspecified atom stereocenters. The van der Waals surface area contributed by atoms with Gasteiger partial charge in [0.15, 0.2) is 0 Å². The first-order valence-electron chi connectivity index (χ1n) is 7.90. The Bertz CT molecular complexity index is 796. The summed E-state index contributed by atoms with van der Waals surface area (Å²) in [6.45, 7) is 4.51. The summed E-state index contributed by atoms with van der Waals surface area (Å²) in [4.78, 5) is 4.54. The molecule has 0 atom stereocenters. The van der Waals surface area contributed by atoms with Crippen LogP contribution in [0.25, 0.3) is 0 Å².